The van der Waals surface area contributed by atoms with Gasteiger partial charge in [0, 0.05) is 39.0 Å². The lowest BCUT2D eigenvalue weighted by atomic mass is 10.2. The Morgan fingerprint density at radius 1 is 1.42 bits per heavy atom. The van der Waals surface area contributed by atoms with E-state index < -0.39 is 0 Å². The van der Waals surface area contributed by atoms with Gasteiger partial charge in [-0.2, -0.15) is 4.98 Å². The van der Waals surface area contributed by atoms with E-state index in [9.17, 15) is 0 Å². The molecule has 1 aromatic heterocycles. The van der Waals surface area contributed by atoms with Crippen molar-refractivity contribution in [3.63, 3.8) is 0 Å². The predicted octanol–water partition coefficient (Wildman–Crippen LogP) is 1.41. The van der Waals surface area contributed by atoms with Crippen LogP contribution in [-0.2, 0) is 6.42 Å². The van der Waals surface area contributed by atoms with Gasteiger partial charge in [-0.3, -0.25) is 4.99 Å². The standard InChI is InChI=1S/C13H23N5O/c1-10(2)12-16-11(19-17-12)6-7-15-13(14-3)18-8-4-5-9-18/h10H,4-9H2,1-3H3,(H,14,15). The van der Waals surface area contributed by atoms with E-state index in [4.69, 9.17) is 4.52 Å². The molecule has 106 valence electrons. The van der Waals surface area contributed by atoms with Crippen molar-refractivity contribution in [3.8, 4) is 0 Å². The fourth-order valence-corrected chi connectivity index (χ4v) is 2.15. The molecule has 6 heteroatoms. The van der Waals surface area contributed by atoms with E-state index in [-0.39, 0.29) is 0 Å². The van der Waals surface area contributed by atoms with E-state index >= 15 is 0 Å². The molecular formula is C13H23N5O. The van der Waals surface area contributed by atoms with Crippen LogP contribution in [0.15, 0.2) is 9.52 Å². The van der Waals surface area contributed by atoms with Crippen molar-refractivity contribution in [1.29, 1.82) is 0 Å². The topological polar surface area (TPSA) is 66.5 Å². The van der Waals surface area contributed by atoms with Crippen molar-refractivity contribution in [2.45, 2.75) is 39.0 Å². The van der Waals surface area contributed by atoms with Crippen molar-refractivity contribution >= 4 is 5.96 Å². The lowest BCUT2D eigenvalue weighted by molar-refractivity contribution is 0.370. The van der Waals surface area contributed by atoms with Crippen LogP contribution in [0.5, 0.6) is 0 Å². The number of rotatable bonds is 4. The molecule has 0 unspecified atom stereocenters. The zero-order valence-corrected chi connectivity index (χ0v) is 12.0. The highest BCUT2D eigenvalue weighted by Gasteiger charge is 2.15. The summed E-state index contributed by atoms with van der Waals surface area (Å²) in [6.45, 7) is 7.07. The van der Waals surface area contributed by atoms with E-state index in [0.717, 1.165) is 37.8 Å². The van der Waals surface area contributed by atoms with Crippen molar-refractivity contribution in [2.75, 3.05) is 26.7 Å². The summed E-state index contributed by atoms with van der Waals surface area (Å²) in [6.07, 6.45) is 3.23. The molecule has 1 aromatic rings. The van der Waals surface area contributed by atoms with Crippen LogP contribution in [0.25, 0.3) is 0 Å². The maximum absolute atomic E-state index is 5.21. The molecule has 1 aliphatic rings. The Hall–Kier alpha value is -1.59. The van der Waals surface area contributed by atoms with Crippen LogP contribution >= 0.6 is 0 Å². The first-order valence-corrected chi connectivity index (χ1v) is 6.98. The molecule has 0 spiro atoms. The van der Waals surface area contributed by atoms with Crippen LogP contribution in [0.4, 0.5) is 0 Å². The Kier molecular flexibility index (Phi) is 4.76. The van der Waals surface area contributed by atoms with E-state index in [1.807, 2.05) is 7.05 Å². The number of guanidine groups is 1. The number of nitrogens with one attached hydrogen (secondary N) is 1. The molecular weight excluding hydrogens is 242 g/mol. The minimum Gasteiger partial charge on any atom is -0.356 e. The van der Waals surface area contributed by atoms with Gasteiger partial charge in [0.15, 0.2) is 11.8 Å². The molecule has 0 bridgehead atoms. The highest BCUT2D eigenvalue weighted by molar-refractivity contribution is 5.80. The SMILES string of the molecule is CN=C(NCCc1nc(C(C)C)no1)N1CCCC1. The molecule has 0 aromatic carbocycles. The van der Waals surface area contributed by atoms with E-state index in [0.29, 0.717) is 11.8 Å². The summed E-state index contributed by atoms with van der Waals surface area (Å²) >= 11 is 0. The molecule has 0 saturated carbocycles. The summed E-state index contributed by atoms with van der Waals surface area (Å²) in [5, 5.41) is 7.30. The first kappa shape index (κ1) is 13.8. The monoisotopic (exact) mass is 265 g/mol. The number of aromatic nitrogens is 2. The minimum absolute atomic E-state index is 0.308. The third-order valence-corrected chi connectivity index (χ3v) is 3.24. The van der Waals surface area contributed by atoms with Crippen LogP contribution < -0.4 is 5.32 Å². The molecule has 0 amide bonds. The molecule has 19 heavy (non-hydrogen) atoms. The molecule has 1 N–H and O–H groups in total. The number of aliphatic imine (C=N–C) groups is 1. The Morgan fingerprint density at radius 2 is 2.16 bits per heavy atom. The van der Waals surface area contributed by atoms with Crippen LogP contribution in [0, 0.1) is 0 Å². The van der Waals surface area contributed by atoms with E-state index in [1.54, 1.807) is 0 Å². The average molecular weight is 265 g/mol. The number of hydrogen-bond acceptors (Lipinski definition) is 4. The van der Waals surface area contributed by atoms with Gasteiger partial charge in [-0.15, -0.1) is 0 Å². The van der Waals surface area contributed by atoms with Gasteiger partial charge in [0.05, 0.1) is 0 Å². The van der Waals surface area contributed by atoms with Crippen LogP contribution in [-0.4, -0.2) is 47.7 Å². The highest BCUT2D eigenvalue weighted by Crippen LogP contribution is 2.10. The zero-order chi connectivity index (χ0) is 13.7. The van der Waals surface area contributed by atoms with Crippen molar-refractivity contribution < 1.29 is 4.52 Å². The molecule has 2 heterocycles. The first-order chi connectivity index (χ1) is 9.20. The summed E-state index contributed by atoms with van der Waals surface area (Å²) in [4.78, 5) is 10.9. The lowest BCUT2D eigenvalue weighted by Gasteiger charge is -2.20. The Balaban J connectivity index is 1.78. The highest BCUT2D eigenvalue weighted by atomic mass is 16.5. The van der Waals surface area contributed by atoms with Crippen molar-refractivity contribution in [1.82, 2.24) is 20.4 Å². The number of hydrogen-bond donors (Lipinski definition) is 1. The van der Waals surface area contributed by atoms with Gasteiger partial charge < -0.3 is 14.7 Å². The second kappa shape index (κ2) is 6.54. The van der Waals surface area contributed by atoms with E-state index in [2.05, 4.69) is 39.2 Å². The summed E-state index contributed by atoms with van der Waals surface area (Å²) in [5.74, 6) is 2.75. The molecule has 0 radical (unpaired) electrons. The summed E-state index contributed by atoms with van der Waals surface area (Å²) < 4.78 is 5.21. The van der Waals surface area contributed by atoms with Crippen molar-refractivity contribution in [3.05, 3.63) is 11.7 Å². The van der Waals surface area contributed by atoms with Gasteiger partial charge in [0.2, 0.25) is 5.89 Å². The van der Waals surface area contributed by atoms with Crippen LogP contribution in [0.3, 0.4) is 0 Å². The summed E-state index contributed by atoms with van der Waals surface area (Å²) in [7, 11) is 1.82. The molecule has 1 aliphatic heterocycles. The Bertz CT molecular complexity index is 420. The smallest absolute Gasteiger partial charge is 0.228 e. The summed E-state index contributed by atoms with van der Waals surface area (Å²) in [5.41, 5.74) is 0. The van der Waals surface area contributed by atoms with Gasteiger partial charge in [0.1, 0.15) is 0 Å². The first-order valence-electron chi connectivity index (χ1n) is 6.98. The van der Waals surface area contributed by atoms with Gasteiger partial charge >= 0.3 is 0 Å². The second-order valence-corrected chi connectivity index (χ2v) is 5.12. The fraction of sp³-hybridized carbons (Fsp3) is 0.769. The Labute approximate surface area is 114 Å². The molecule has 0 aliphatic carbocycles. The largest absolute Gasteiger partial charge is 0.356 e. The average Bonchev–Trinajstić information content (AvgIpc) is 3.05. The van der Waals surface area contributed by atoms with Gasteiger partial charge in [0.25, 0.3) is 0 Å². The molecule has 6 nitrogen and oxygen atoms in total. The molecule has 0 atom stereocenters. The number of nitrogens with zero attached hydrogens (tertiary/aromatic N) is 4. The van der Waals surface area contributed by atoms with Crippen LogP contribution in [0.2, 0.25) is 0 Å². The minimum atomic E-state index is 0.308. The van der Waals surface area contributed by atoms with Gasteiger partial charge in [-0.25, -0.2) is 0 Å². The quantitative estimate of drug-likeness (QED) is 0.658. The number of likely N-dealkylation sites (tertiary alicyclic amines) is 1. The predicted molar refractivity (Wildman–Crippen MR) is 74.3 cm³/mol. The van der Waals surface area contributed by atoms with Crippen molar-refractivity contribution in [2.24, 2.45) is 4.99 Å². The maximum Gasteiger partial charge on any atom is 0.228 e. The molecule has 1 fully saturated rings. The molecule has 1 saturated heterocycles. The lowest BCUT2D eigenvalue weighted by Crippen LogP contribution is -2.40. The zero-order valence-electron chi connectivity index (χ0n) is 12.0. The van der Waals surface area contributed by atoms with Crippen LogP contribution in [0.1, 0.15) is 44.3 Å². The van der Waals surface area contributed by atoms with Gasteiger partial charge in [-0.1, -0.05) is 19.0 Å². The third-order valence-electron chi connectivity index (χ3n) is 3.24. The third kappa shape index (κ3) is 3.68. The maximum atomic E-state index is 5.21. The normalized spacial score (nSPS) is 16.4. The molecule has 2 rings (SSSR count). The van der Waals surface area contributed by atoms with Gasteiger partial charge in [-0.05, 0) is 12.8 Å². The second-order valence-electron chi connectivity index (χ2n) is 5.12. The fourth-order valence-electron chi connectivity index (χ4n) is 2.15. The Morgan fingerprint density at radius 3 is 2.74 bits per heavy atom. The summed E-state index contributed by atoms with van der Waals surface area (Å²) in [6, 6.07) is 0. The van der Waals surface area contributed by atoms with E-state index in [1.165, 1.54) is 12.8 Å².